The first-order valence-electron chi connectivity index (χ1n) is 5.92. The zero-order valence-corrected chi connectivity index (χ0v) is 10.2. The fourth-order valence-electron chi connectivity index (χ4n) is 1.85. The average molecular weight is 219 g/mol. The molecule has 88 valence electrons. The lowest BCUT2D eigenvalue weighted by Crippen LogP contribution is -2.44. The molecule has 2 heteroatoms. The Morgan fingerprint density at radius 3 is 2.50 bits per heavy atom. The minimum atomic E-state index is -0.649. The maximum atomic E-state index is 11.9. The van der Waals surface area contributed by atoms with E-state index in [1.807, 2.05) is 37.3 Å². The van der Waals surface area contributed by atoms with Crippen molar-refractivity contribution in [3.63, 3.8) is 0 Å². The second-order valence-corrected chi connectivity index (χ2v) is 4.58. The van der Waals surface area contributed by atoms with Crippen LogP contribution in [0.3, 0.4) is 0 Å². The topological polar surface area (TPSA) is 43.1 Å². The Bertz CT molecular complexity index is 330. The summed E-state index contributed by atoms with van der Waals surface area (Å²) < 4.78 is 0. The minimum Gasteiger partial charge on any atom is -0.319 e. The van der Waals surface area contributed by atoms with Gasteiger partial charge in [0.2, 0.25) is 0 Å². The van der Waals surface area contributed by atoms with Gasteiger partial charge in [-0.15, -0.1) is 0 Å². The Morgan fingerprint density at radius 2 is 1.94 bits per heavy atom. The van der Waals surface area contributed by atoms with E-state index in [1.54, 1.807) is 0 Å². The number of carbonyl (C=O) groups is 1. The average Bonchev–Trinajstić information content (AvgIpc) is 2.27. The number of Topliss-reactive ketones (excluding diaryl/α,β-unsaturated/α-hetero) is 1. The molecular formula is C14H21NO. The van der Waals surface area contributed by atoms with E-state index in [0.717, 1.165) is 19.3 Å². The molecule has 0 heterocycles. The van der Waals surface area contributed by atoms with Crippen molar-refractivity contribution in [3.8, 4) is 0 Å². The molecule has 0 bridgehead atoms. The fraction of sp³-hybridized carbons (Fsp3) is 0.500. The molecular weight excluding hydrogens is 198 g/mol. The SMILES string of the molecule is CCCC(C)(N)C(=O)CCc1ccccc1. The molecule has 0 saturated heterocycles. The van der Waals surface area contributed by atoms with Crippen molar-refractivity contribution >= 4 is 5.78 Å². The highest BCUT2D eigenvalue weighted by Crippen LogP contribution is 2.14. The molecule has 2 N–H and O–H groups in total. The number of ketones is 1. The van der Waals surface area contributed by atoms with Crippen molar-refractivity contribution in [2.75, 3.05) is 0 Å². The summed E-state index contributed by atoms with van der Waals surface area (Å²) in [6, 6.07) is 10.1. The molecule has 16 heavy (non-hydrogen) atoms. The maximum absolute atomic E-state index is 11.9. The lowest BCUT2D eigenvalue weighted by Gasteiger charge is -2.22. The van der Waals surface area contributed by atoms with Crippen LogP contribution in [0.5, 0.6) is 0 Å². The number of carbonyl (C=O) groups excluding carboxylic acids is 1. The van der Waals surface area contributed by atoms with Gasteiger partial charge in [-0.1, -0.05) is 43.7 Å². The highest BCUT2D eigenvalue weighted by Gasteiger charge is 2.25. The molecule has 1 atom stereocenters. The van der Waals surface area contributed by atoms with Crippen molar-refractivity contribution < 1.29 is 4.79 Å². The van der Waals surface area contributed by atoms with Crippen molar-refractivity contribution in [2.45, 2.75) is 45.1 Å². The fourth-order valence-corrected chi connectivity index (χ4v) is 1.85. The molecule has 0 aliphatic rings. The predicted octanol–water partition coefficient (Wildman–Crippen LogP) is 2.71. The third kappa shape index (κ3) is 3.78. The van der Waals surface area contributed by atoms with Crippen LogP contribution in [0, 0.1) is 0 Å². The van der Waals surface area contributed by atoms with Gasteiger partial charge >= 0.3 is 0 Å². The van der Waals surface area contributed by atoms with Crippen LogP contribution in [-0.2, 0) is 11.2 Å². The van der Waals surface area contributed by atoms with E-state index in [0.29, 0.717) is 6.42 Å². The number of hydrogen-bond acceptors (Lipinski definition) is 2. The number of rotatable bonds is 6. The van der Waals surface area contributed by atoms with Crippen molar-refractivity contribution in [1.82, 2.24) is 0 Å². The van der Waals surface area contributed by atoms with Gasteiger partial charge < -0.3 is 5.73 Å². The smallest absolute Gasteiger partial charge is 0.152 e. The first-order chi connectivity index (χ1) is 7.56. The molecule has 0 aliphatic heterocycles. The van der Waals surface area contributed by atoms with E-state index in [2.05, 4.69) is 6.92 Å². The van der Waals surface area contributed by atoms with E-state index in [4.69, 9.17) is 5.73 Å². The van der Waals surface area contributed by atoms with Crippen LogP contribution in [-0.4, -0.2) is 11.3 Å². The summed E-state index contributed by atoms with van der Waals surface area (Å²) in [5, 5.41) is 0. The largest absolute Gasteiger partial charge is 0.319 e. The van der Waals surface area contributed by atoms with Gasteiger partial charge in [-0.25, -0.2) is 0 Å². The van der Waals surface area contributed by atoms with Gasteiger partial charge in [-0.05, 0) is 25.3 Å². The van der Waals surface area contributed by atoms with Crippen LogP contribution >= 0.6 is 0 Å². The maximum Gasteiger partial charge on any atom is 0.152 e. The Labute approximate surface area is 97.9 Å². The van der Waals surface area contributed by atoms with Gasteiger partial charge in [-0.3, -0.25) is 4.79 Å². The molecule has 2 nitrogen and oxygen atoms in total. The summed E-state index contributed by atoms with van der Waals surface area (Å²) in [6.07, 6.45) is 3.04. The van der Waals surface area contributed by atoms with Crippen LogP contribution in [0.1, 0.15) is 38.7 Å². The van der Waals surface area contributed by atoms with Crippen LogP contribution < -0.4 is 5.73 Å². The van der Waals surface area contributed by atoms with E-state index < -0.39 is 5.54 Å². The number of hydrogen-bond donors (Lipinski definition) is 1. The molecule has 1 rings (SSSR count). The molecule has 0 saturated carbocycles. The number of aryl methyl sites for hydroxylation is 1. The quantitative estimate of drug-likeness (QED) is 0.799. The van der Waals surface area contributed by atoms with E-state index in [-0.39, 0.29) is 5.78 Å². The first kappa shape index (κ1) is 12.9. The highest BCUT2D eigenvalue weighted by molar-refractivity contribution is 5.87. The van der Waals surface area contributed by atoms with E-state index in [9.17, 15) is 4.79 Å². The molecule has 1 unspecified atom stereocenters. The highest BCUT2D eigenvalue weighted by atomic mass is 16.1. The number of nitrogens with two attached hydrogens (primary N) is 1. The molecule has 0 amide bonds. The molecule has 0 aliphatic carbocycles. The summed E-state index contributed by atoms with van der Waals surface area (Å²) in [5.74, 6) is 0.165. The Kier molecular flexibility index (Phi) is 4.69. The van der Waals surface area contributed by atoms with Crippen molar-refractivity contribution in [1.29, 1.82) is 0 Å². The van der Waals surface area contributed by atoms with Gasteiger partial charge in [0.15, 0.2) is 5.78 Å². The zero-order valence-electron chi connectivity index (χ0n) is 10.2. The molecule has 0 aromatic heterocycles. The van der Waals surface area contributed by atoms with Crippen LogP contribution in [0.4, 0.5) is 0 Å². The van der Waals surface area contributed by atoms with Gasteiger partial charge in [0.05, 0.1) is 5.54 Å². The van der Waals surface area contributed by atoms with E-state index >= 15 is 0 Å². The molecule has 1 aromatic rings. The molecule has 0 radical (unpaired) electrons. The lowest BCUT2D eigenvalue weighted by molar-refractivity contribution is -0.123. The van der Waals surface area contributed by atoms with Gasteiger partial charge in [0, 0.05) is 6.42 Å². The normalized spacial score (nSPS) is 14.4. The predicted molar refractivity (Wildman–Crippen MR) is 67.3 cm³/mol. The standard InChI is InChI=1S/C14H21NO/c1-3-11-14(2,15)13(16)10-9-12-7-5-4-6-8-12/h4-8H,3,9-11,15H2,1-2H3. The summed E-state index contributed by atoms with van der Waals surface area (Å²) in [7, 11) is 0. The Balaban J connectivity index is 2.47. The minimum absolute atomic E-state index is 0.165. The van der Waals surface area contributed by atoms with Crippen molar-refractivity contribution in [3.05, 3.63) is 35.9 Å². The van der Waals surface area contributed by atoms with Crippen LogP contribution in [0.25, 0.3) is 0 Å². The lowest BCUT2D eigenvalue weighted by atomic mass is 9.89. The third-order valence-electron chi connectivity index (χ3n) is 2.89. The first-order valence-corrected chi connectivity index (χ1v) is 5.92. The van der Waals surface area contributed by atoms with Gasteiger partial charge in [0.1, 0.15) is 0 Å². The monoisotopic (exact) mass is 219 g/mol. The Morgan fingerprint density at radius 1 is 1.31 bits per heavy atom. The Hall–Kier alpha value is -1.15. The van der Waals surface area contributed by atoms with Crippen molar-refractivity contribution in [2.24, 2.45) is 5.73 Å². The summed E-state index contributed by atoms with van der Waals surface area (Å²) in [6.45, 7) is 3.89. The zero-order chi connectivity index (χ0) is 12.0. The van der Waals surface area contributed by atoms with Crippen LogP contribution in [0.2, 0.25) is 0 Å². The second-order valence-electron chi connectivity index (χ2n) is 4.58. The summed E-state index contributed by atoms with van der Waals surface area (Å²) in [5.41, 5.74) is 6.53. The molecule has 0 fully saturated rings. The summed E-state index contributed by atoms with van der Waals surface area (Å²) >= 11 is 0. The van der Waals surface area contributed by atoms with Gasteiger partial charge in [0.25, 0.3) is 0 Å². The van der Waals surface area contributed by atoms with Crippen LogP contribution in [0.15, 0.2) is 30.3 Å². The summed E-state index contributed by atoms with van der Waals surface area (Å²) in [4.78, 5) is 11.9. The second kappa shape index (κ2) is 5.80. The third-order valence-corrected chi connectivity index (χ3v) is 2.89. The van der Waals surface area contributed by atoms with E-state index in [1.165, 1.54) is 5.56 Å². The molecule has 1 aromatic carbocycles. The molecule has 0 spiro atoms. The van der Waals surface area contributed by atoms with Gasteiger partial charge in [-0.2, -0.15) is 0 Å². The number of benzene rings is 1.